The van der Waals surface area contributed by atoms with Crippen molar-refractivity contribution in [3.05, 3.63) is 29.6 Å². The van der Waals surface area contributed by atoms with E-state index in [4.69, 9.17) is 11.6 Å². The van der Waals surface area contributed by atoms with Crippen molar-refractivity contribution in [3.63, 3.8) is 0 Å². The van der Waals surface area contributed by atoms with Gasteiger partial charge in [-0.1, -0.05) is 5.92 Å². The van der Waals surface area contributed by atoms with Crippen LogP contribution in [0.5, 0.6) is 0 Å². The maximum Gasteiger partial charge on any atom is 0.274 e. The van der Waals surface area contributed by atoms with Crippen LogP contribution in [0.25, 0.3) is 0 Å². The molecule has 0 spiro atoms. The first-order valence-corrected chi connectivity index (χ1v) is 7.71. The third-order valence-electron chi connectivity index (χ3n) is 2.26. The molecule has 1 rings (SSSR count). The van der Waals surface area contributed by atoms with E-state index >= 15 is 0 Å². The number of hydrogen-bond donors (Lipinski definition) is 2. The monoisotopic (exact) mass is 288 g/mol. The summed E-state index contributed by atoms with van der Waals surface area (Å²) in [5.41, 5.74) is 0.571. The Bertz CT molecular complexity index is 567. The molecule has 1 atom stereocenters. The van der Waals surface area contributed by atoms with Crippen LogP contribution in [0, 0.1) is 18.2 Å². The van der Waals surface area contributed by atoms with E-state index in [9.17, 15) is 12.8 Å². The number of hydrogen-bond acceptors (Lipinski definition) is 3. The number of halogens is 1. The third-order valence-corrected chi connectivity index (χ3v) is 3.64. The van der Waals surface area contributed by atoms with Gasteiger partial charge in [0.25, 0.3) is 10.2 Å². The van der Waals surface area contributed by atoms with Crippen molar-refractivity contribution in [2.24, 2.45) is 5.14 Å². The molecule has 1 unspecified atom stereocenters. The Balaban J connectivity index is 3.02. The van der Waals surface area contributed by atoms with Crippen molar-refractivity contribution >= 4 is 22.0 Å². The van der Waals surface area contributed by atoms with Gasteiger partial charge in [0.15, 0.2) is 0 Å². The van der Waals surface area contributed by atoms with Crippen LogP contribution in [0.15, 0.2) is 23.1 Å². The van der Waals surface area contributed by atoms with Gasteiger partial charge in [-0.2, -0.15) is 8.42 Å². The predicted octanol–water partition coefficient (Wildman–Crippen LogP) is 1.06. The molecule has 1 aromatic carbocycles. The fourth-order valence-corrected chi connectivity index (χ4v) is 2.48. The van der Waals surface area contributed by atoms with E-state index in [1.54, 1.807) is 6.07 Å². The Hall–Kier alpha value is -1.07. The van der Waals surface area contributed by atoms with Gasteiger partial charge in [-0.3, -0.25) is 0 Å². The molecular weight excluding hydrogens is 275 g/mol. The van der Waals surface area contributed by atoms with Gasteiger partial charge in [0.05, 0.1) is 5.92 Å². The van der Waals surface area contributed by atoms with Crippen molar-refractivity contribution < 1.29 is 12.8 Å². The first kappa shape index (κ1) is 15.0. The Morgan fingerprint density at radius 3 is 2.78 bits per heavy atom. The smallest absolute Gasteiger partial charge is 0.216 e. The van der Waals surface area contributed by atoms with Crippen LogP contribution in [0.1, 0.15) is 11.5 Å². The zero-order chi connectivity index (χ0) is 13.8. The topological polar surface area (TPSA) is 72.2 Å². The molecule has 0 saturated heterocycles. The normalized spacial score (nSPS) is 13.0. The maximum absolute atomic E-state index is 13.2. The summed E-state index contributed by atoms with van der Waals surface area (Å²) in [6.07, 6.45) is 7.18. The molecule has 98 valence electrons. The molecule has 0 saturated carbocycles. The molecule has 0 amide bonds. The lowest BCUT2D eigenvalue weighted by Crippen LogP contribution is -2.33. The molecule has 0 heterocycles. The lowest BCUT2D eigenvalue weighted by atomic mass is 10.00. The molecule has 0 radical (unpaired) electrons. The van der Waals surface area contributed by atoms with Crippen LogP contribution in [-0.2, 0) is 10.2 Å². The zero-order valence-electron chi connectivity index (χ0n) is 9.68. The number of terminal acetylenes is 1. The van der Waals surface area contributed by atoms with E-state index in [0.29, 0.717) is 5.56 Å². The molecule has 0 aliphatic heterocycles. The highest BCUT2D eigenvalue weighted by molar-refractivity contribution is 7.98. The van der Waals surface area contributed by atoms with Crippen molar-refractivity contribution in [3.8, 4) is 12.3 Å². The van der Waals surface area contributed by atoms with Gasteiger partial charge >= 0.3 is 0 Å². The van der Waals surface area contributed by atoms with Gasteiger partial charge in [-0.15, -0.1) is 18.2 Å². The second kappa shape index (κ2) is 6.20. The van der Waals surface area contributed by atoms with Crippen molar-refractivity contribution in [2.45, 2.75) is 10.8 Å². The lowest BCUT2D eigenvalue weighted by Gasteiger charge is -2.14. The number of nitrogens with one attached hydrogen (secondary N) is 1. The summed E-state index contributed by atoms with van der Waals surface area (Å²) >= 11 is 1.41. The van der Waals surface area contributed by atoms with E-state index in [2.05, 4.69) is 10.6 Å². The van der Waals surface area contributed by atoms with E-state index in [1.165, 1.54) is 23.9 Å². The molecule has 18 heavy (non-hydrogen) atoms. The summed E-state index contributed by atoms with van der Waals surface area (Å²) in [6, 6.07) is 4.24. The molecule has 0 fully saturated rings. The van der Waals surface area contributed by atoms with Crippen LogP contribution in [0.4, 0.5) is 4.39 Å². The first-order chi connectivity index (χ1) is 8.37. The molecule has 7 heteroatoms. The molecule has 0 aliphatic rings. The maximum atomic E-state index is 13.2. The van der Waals surface area contributed by atoms with Crippen molar-refractivity contribution in [1.82, 2.24) is 4.72 Å². The fourth-order valence-electron chi connectivity index (χ4n) is 1.44. The second-order valence-corrected chi connectivity index (χ2v) is 5.73. The summed E-state index contributed by atoms with van der Waals surface area (Å²) in [5, 5.41) is 4.83. The summed E-state index contributed by atoms with van der Waals surface area (Å²) in [7, 11) is -3.81. The average molecular weight is 288 g/mol. The number of nitrogens with two attached hydrogens (primary N) is 1. The Kier molecular flexibility index (Phi) is 5.16. The SMILES string of the molecule is C#CC(CNS(N)(=O)=O)c1cc(F)ccc1SC. The van der Waals surface area contributed by atoms with E-state index in [-0.39, 0.29) is 6.54 Å². The minimum atomic E-state index is -3.81. The van der Waals surface area contributed by atoms with Gasteiger partial charge in [0.2, 0.25) is 0 Å². The summed E-state index contributed by atoms with van der Waals surface area (Å²) in [5.74, 6) is 1.44. The predicted molar refractivity (Wildman–Crippen MR) is 70.9 cm³/mol. The highest BCUT2D eigenvalue weighted by Gasteiger charge is 2.15. The summed E-state index contributed by atoms with van der Waals surface area (Å²) < 4.78 is 37.0. The van der Waals surface area contributed by atoms with Gasteiger partial charge in [-0.05, 0) is 30.0 Å². The van der Waals surface area contributed by atoms with Crippen molar-refractivity contribution in [1.29, 1.82) is 0 Å². The highest BCUT2D eigenvalue weighted by Crippen LogP contribution is 2.27. The molecular formula is C11H13FN2O2S2. The molecule has 1 aromatic rings. The number of benzene rings is 1. The number of thioether (sulfide) groups is 1. The first-order valence-electron chi connectivity index (χ1n) is 4.94. The quantitative estimate of drug-likeness (QED) is 0.628. The second-order valence-electron chi connectivity index (χ2n) is 3.50. The van der Waals surface area contributed by atoms with Gasteiger partial charge in [-0.25, -0.2) is 14.3 Å². The Labute approximate surface area is 110 Å². The number of rotatable bonds is 5. The molecule has 0 aromatic heterocycles. The standard InChI is InChI=1S/C11H13FN2O2S2/c1-3-8(7-14-18(13,15)16)10-6-9(12)4-5-11(10)17-2/h1,4-6,8,14H,7H2,2H3,(H2,13,15,16). The van der Waals surface area contributed by atoms with Crippen LogP contribution in [0.2, 0.25) is 0 Å². The summed E-state index contributed by atoms with van der Waals surface area (Å²) in [6.45, 7) is -0.0631. The van der Waals surface area contributed by atoms with Gasteiger partial charge < -0.3 is 0 Å². The van der Waals surface area contributed by atoms with Crippen molar-refractivity contribution in [2.75, 3.05) is 12.8 Å². The molecule has 3 N–H and O–H groups in total. The summed E-state index contributed by atoms with van der Waals surface area (Å²) in [4.78, 5) is 0.801. The van der Waals surface area contributed by atoms with E-state index in [0.717, 1.165) is 4.90 Å². The van der Waals surface area contributed by atoms with Gasteiger partial charge in [0, 0.05) is 11.4 Å². The van der Waals surface area contributed by atoms with E-state index < -0.39 is 21.9 Å². The van der Waals surface area contributed by atoms with Crippen LogP contribution in [0.3, 0.4) is 0 Å². The Morgan fingerprint density at radius 1 is 1.61 bits per heavy atom. The zero-order valence-corrected chi connectivity index (χ0v) is 11.3. The average Bonchev–Trinajstić information content (AvgIpc) is 2.28. The minimum Gasteiger partial charge on any atom is -0.216 e. The Morgan fingerprint density at radius 2 is 2.28 bits per heavy atom. The van der Waals surface area contributed by atoms with Gasteiger partial charge in [0.1, 0.15) is 5.82 Å². The lowest BCUT2D eigenvalue weighted by molar-refractivity contribution is 0.580. The minimum absolute atomic E-state index is 0.0631. The van der Waals surface area contributed by atoms with Crippen LogP contribution in [-0.4, -0.2) is 21.2 Å². The third kappa shape index (κ3) is 4.31. The molecule has 4 nitrogen and oxygen atoms in total. The largest absolute Gasteiger partial charge is 0.274 e. The van der Waals surface area contributed by atoms with E-state index in [1.807, 2.05) is 6.26 Å². The van der Waals surface area contributed by atoms with Crippen LogP contribution >= 0.6 is 11.8 Å². The highest BCUT2D eigenvalue weighted by atomic mass is 32.2. The fraction of sp³-hybridized carbons (Fsp3) is 0.273. The molecule has 0 bridgehead atoms. The molecule has 0 aliphatic carbocycles. The van der Waals surface area contributed by atoms with Crippen LogP contribution < -0.4 is 9.86 Å².